The number of carbonyl (C=O) groups is 1. The molecule has 2 aromatic rings. The molecule has 23 heavy (non-hydrogen) atoms. The Kier molecular flexibility index (Phi) is 4.86. The van der Waals surface area contributed by atoms with Crippen molar-refractivity contribution in [3.8, 4) is 0 Å². The van der Waals surface area contributed by atoms with Gasteiger partial charge in [0.05, 0.1) is 0 Å². The first-order valence-corrected chi connectivity index (χ1v) is 8.07. The van der Waals surface area contributed by atoms with Crippen LogP contribution in [-0.2, 0) is 17.8 Å². The van der Waals surface area contributed by atoms with Crippen LogP contribution in [0.1, 0.15) is 24.8 Å². The second kappa shape index (κ2) is 7.22. The predicted molar refractivity (Wildman–Crippen MR) is 87.9 cm³/mol. The standard InChI is InChI=1S/C18H21N3O2/c22-17(13-21-11-5-10-19-18(21)23)20-16-9-4-8-15(16)12-14-6-2-1-3-7-14/h1-3,5-7,10-11,15-16H,4,8-9,12-13H2,(H,20,22)/t15-,16+/m1/s1. The van der Waals surface area contributed by atoms with Gasteiger partial charge in [-0.25, -0.2) is 9.78 Å². The molecular formula is C18H21N3O2. The Labute approximate surface area is 135 Å². The molecule has 1 N–H and O–H groups in total. The highest BCUT2D eigenvalue weighted by Crippen LogP contribution is 2.28. The predicted octanol–water partition coefficient (Wildman–Crippen LogP) is 1.77. The third-order valence-corrected chi connectivity index (χ3v) is 4.44. The van der Waals surface area contributed by atoms with Crippen LogP contribution in [0, 0.1) is 5.92 Å². The van der Waals surface area contributed by atoms with Gasteiger partial charge in [-0.05, 0) is 36.8 Å². The number of hydrogen-bond donors (Lipinski definition) is 1. The minimum Gasteiger partial charge on any atom is -0.352 e. The van der Waals surface area contributed by atoms with E-state index in [9.17, 15) is 9.59 Å². The Balaban J connectivity index is 1.59. The summed E-state index contributed by atoms with van der Waals surface area (Å²) in [6.45, 7) is 0.0290. The van der Waals surface area contributed by atoms with Gasteiger partial charge >= 0.3 is 5.69 Å². The number of nitrogens with zero attached hydrogens (tertiary/aromatic N) is 2. The van der Waals surface area contributed by atoms with Gasteiger partial charge in [-0.1, -0.05) is 36.8 Å². The molecule has 0 unspecified atom stereocenters. The van der Waals surface area contributed by atoms with Crippen molar-refractivity contribution in [2.45, 2.75) is 38.3 Å². The third kappa shape index (κ3) is 4.06. The molecular weight excluding hydrogens is 290 g/mol. The lowest BCUT2D eigenvalue weighted by Crippen LogP contribution is -2.41. The van der Waals surface area contributed by atoms with Gasteiger partial charge in [0.2, 0.25) is 5.91 Å². The fourth-order valence-corrected chi connectivity index (χ4v) is 3.30. The largest absolute Gasteiger partial charge is 0.352 e. The lowest BCUT2D eigenvalue weighted by molar-refractivity contribution is -0.122. The minimum atomic E-state index is -0.394. The molecule has 0 saturated heterocycles. The maximum atomic E-state index is 12.2. The molecule has 3 rings (SSSR count). The second-order valence-corrected chi connectivity index (χ2v) is 6.08. The Morgan fingerprint density at radius 3 is 2.83 bits per heavy atom. The molecule has 1 heterocycles. The van der Waals surface area contributed by atoms with E-state index in [1.54, 1.807) is 12.3 Å². The topological polar surface area (TPSA) is 64.0 Å². The molecule has 0 radical (unpaired) electrons. The van der Waals surface area contributed by atoms with Gasteiger partial charge in [0.1, 0.15) is 6.54 Å². The fraction of sp³-hybridized carbons (Fsp3) is 0.389. The van der Waals surface area contributed by atoms with Crippen molar-refractivity contribution in [1.82, 2.24) is 14.9 Å². The first-order valence-electron chi connectivity index (χ1n) is 8.07. The summed E-state index contributed by atoms with van der Waals surface area (Å²) in [5.74, 6) is 0.344. The molecule has 1 saturated carbocycles. The van der Waals surface area contributed by atoms with Crippen LogP contribution in [0.3, 0.4) is 0 Å². The van der Waals surface area contributed by atoms with Gasteiger partial charge in [-0.15, -0.1) is 0 Å². The van der Waals surface area contributed by atoms with E-state index in [1.165, 1.54) is 16.3 Å². The molecule has 5 nitrogen and oxygen atoms in total. The zero-order chi connectivity index (χ0) is 16.1. The zero-order valence-corrected chi connectivity index (χ0v) is 13.0. The van der Waals surface area contributed by atoms with Crippen molar-refractivity contribution in [3.63, 3.8) is 0 Å². The summed E-state index contributed by atoms with van der Waals surface area (Å²) < 4.78 is 1.33. The van der Waals surface area contributed by atoms with Gasteiger partial charge in [0.25, 0.3) is 0 Å². The number of carbonyl (C=O) groups excluding carboxylic acids is 1. The molecule has 1 aliphatic rings. The van der Waals surface area contributed by atoms with Gasteiger partial charge in [0, 0.05) is 18.4 Å². The van der Waals surface area contributed by atoms with E-state index in [-0.39, 0.29) is 18.5 Å². The molecule has 0 spiro atoms. The Morgan fingerprint density at radius 1 is 1.22 bits per heavy atom. The number of rotatable bonds is 5. The summed E-state index contributed by atoms with van der Waals surface area (Å²) in [5.41, 5.74) is 0.914. The van der Waals surface area contributed by atoms with Crippen LogP contribution >= 0.6 is 0 Å². The van der Waals surface area contributed by atoms with E-state index < -0.39 is 5.69 Å². The van der Waals surface area contributed by atoms with Gasteiger partial charge in [0.15, 0.2) is 0 Å². The average Bonchev–Trinajstić information content (AvgIpc) is 2.97. The van der Waals surface area contributed by atoms with Crippen LogP contribution in [0.15, 0.2) is 53.6 Å². The molecule has 1 aliphatic carbocycles. The number of hydrogen-bond acceptors (Lipinski definition) is 3. The smallest absolute Gasteiger partial charge is 0.347 e. The summed E-state index contributed by atoms with van der Waals surface area (Å²) in [6.07, 6.45) is 7.28. The van der Waals surface area contributed by atoms with Crippen LogP contribution in [0.4, 0.5) is 0 Å². The molecule has 2 atom stereocenters. The van der Waals surface area contributed by atoms with E-state index in [1.807, 2.05) is 18.2 Å². The monoisotopic (exact) mass is 311 g/mol. The summed E-state index contributed by atoms with van der Waals surface area (Å²) in [5, 5.41) is 3.10. The minimum absolute atomic E-state index is 0.0290. The summed E-state index contributed by atoms with van der Waals surface area (Å²) in [6, 6.07) is 12.2. The van der Waals surface area contributed by atoms with Crippen molar-refractivity contribution in [1.29, 1.82) is 0 Å². The molecule has 1 aromatic carbocycles. The highest BCUT2D eigenvalue weighted by Gasteiger charge is 2.28. The highest BCUT2D eigenvalue weighted by atomic mass is 16.2. The Hall–Kier alpha value is -2.43. The van der Waals surface area contributed by atoms with E-state index in [2.05, 4.69) is 22.4 Å². The number of aromatic nitrogens is 2. The lowest BCUT2D eigenvalue weighted by atomic mass is 9.94. The molecule has 1 aromatic heterocycles. The van der Waals surface area contributed by atoms with Crippen molar-refractivity contribution in [3.05, 3.63) is 64.8 Å². The van der Waals surface area contributed by atoms with Crippen LogP contribution in [0.5, 0.6) is 0 Å². The van der Waals surface area contributed by atoms with Gasteiger partial charge in [-0.3, -0.25) is 9.36 Å². The summed E-state index contributed by atoms with van der Waals surface area (Å²) >= 11 is 0. The molecule has 120 valence electrons. The van der Waals surface area contributed by atoms with E-state index in [4.69, 9.17) is 0 Å². The first-order chi connectivity index (χ1) is 11.2. The lowest BCUT2D eigenvalue weighted by Gasteiger charge is -2.21. The maximum Gasteiger partial charge on any atom is 0.347 e. The van der Waals surface area contributed by atoms with Crippen LogP contribution in [-0.4, -0.2) is 21.5 Å². The SMILES string of the molecule is O=C(Cn1cccnc1=O)N[C@H]1CCC[C@@H]1Cc1ccccc1. The van der Waals surface area contributed by atoms with Crippen molar-refractivity contribution < 1.29 is 4.79 Å². The first kappa shape index (κ1) is 15.5. The zero-order valence-electron chi connectivity index (χ0n) is 13.0. The molecule has 5 heteroatoms. The molecule has 1 amide bonds. The average molecular weight is 311 g/mol. The van der Waals surface area contributed by atoms with E-state index in [0.29, 0.717) is 5.92 Å². The molecule has 0 aliphatic heterocycles. The van der Waals surface area contributed by atoms with Gasteiger partial charge in [-0.2, -0.15) is 0 Å². The number of amides is 1. The highest BCUT2D eigenvalue weighted by molar-refractivity contribution is 5.76. The number of benzene rings is 1. The van der Waals surface area contributed by atoms with E-state index >= 15 is 0 Å². The maximum absolute atomic E-state index is 12.2. The molecule has 1 fully saturated rings. The quantitative estimate of drug-likeness (QED) is 0.915. The van der Waals surface area contributed by atoms with Crippen LogP contribution in [0.2, 0.25) is 0 Å². The Bertz CT molecular complexity index is 711. The van der Waals surface area contributed by atoms with Gasteiger partial charge < -0.3 is 5.32 Å². The normalized spacial score (nSPS) is 20.3. The van der Waals surface area contributed by atoms with Crippen molar-refractivity contribution in [2.24, 2.45) is 5.92 Å². The summed E-state index contributed by atoms with van der Waals surface area (Å²) in [7, 11) is 0. The van der Waals surface area contributed by atoms with Crippen LogP contribution < -0.4 is 11.0 Å². The van der Waals surface area contributed by atoms with Crippen molar-refractivity contribution >= 4 is 5.91 Å². The summed E-state index contributed by atoms with van der Waals surface area (Å²) in [4.78, 5) is 27.5. The Morgan fingerprint density at radius 2 is 2.04 bits per heavy atom. The fourth-order valence-electron chi connectivity index (χ4n) is 3.30. The van der Waals surface area contributed by atoms with Crippen molar-refractivity contribution in [2.75, 3.05) is 0 Å². The van der Waals surface area contributed by atoms with E-state index in [0.717, 1.165) is 25.7 Å². The molecule has 0 bridgehead atoms. The second-order valence-electron chi connectivity index (χ2n) is 6.08. The van der Waals surface area contributed by atoms with Crippen LogP contribution in [0.25, 0.3) is 0 Å². The number of nitrogens with one attached hydrogen (secondary N) is 1. The third-order valence-electron chi connectivity index (χ3n) is 4.44.